The third kappa shape index (κ3) is 2.46. The minimum atomic E-state index is -0.394. The van der Waals surface area contributed by atoms with Crippen molar-refractivity contribution in [2.75, 3.05) is 6.61 Å². The Balaban J connectivity index is 2.38. The number of halogens is 1. The van der Waals surface area contributed by atoms with Crippen LogP contribution < -0.4 is 4.74 Å². The molecule has 94 valence electrons. The van der Waals surface area contributed by atoms with Gasteiger partial charge in [-0.3, -0.25) is 0 Å². The summed E-state index contributed by atoms with van der Waals surface area (Å²) in [5.74, 6) is 0.120. The lowest BCUT2D eigenvalue weighted by Gasteiger charge is -2.11. The molecule has 17 heavy (non-hydrogen) atoms. The van der Waals surface area contributed by atoms with E-state index in [9.17, 15) is 4.79 Å². The average molecular weight is 303 g/mol. The van der Waals surface area contributed by atoms with E-state index in [1.165, 1.54) is 0 Å². The number of aryl methyl sites for hydroxylation is 1. The number of rotatable bonds is 2. The van der Waals surface area contributed by atoms with E-state index in [0.717, 1.165) is 19.4 Å². The summed E-state index contributed by atoms with van der Waals surface area (Å²) >= 11 is 3.28. The Morgan fingerprint density at radius 3 is 3.18 bits per heavy atom. The van der Waals surface area contributed by atoms with Crippen LogP contribution in [-0.2, 0) is 11.3 Å². The highest BCUT2D eigenvalue weighted by Crippen LogP contribution is 2.31. The van der Waals surface area contributed by atoms with Crippen molar-refractivity contribution in [1.82, 2.24) is 9.78 Å². The molecule has 0 N–H and O–H groups in total. The van der Waals surface area contributed by atoms with Gasteiger partial charge in [0, 0.05) is 6.54 Å². The van der Waals surface area contributed by atoms with E-state index in [1.54, 1.807) is 11.6 Å². The molecule has 0 aliphatic carbocycles. The zero-order valence-electron chi connectivity index (χ0n) is 9.90. The highest BCUT2D eigenvalue weighted by molar-refractivity contribution is 9.10. The lowest BCUT2D eigenvalue weighted by molar-refractivity contribution is 0.0518. The topological polar surface area (TPSA) is 53.3 Å². The third-order valence-electron chi connectivity index (χ3n) is 2.64. The van der Waals surface area contributed by atoms with Crippen molar-refractivity contribution < 1.29 is 14.3 Å². The quantitative estimate of drug-likeness (QED) is 0.787. The molecule has 1 aromatic heterocycles. The number of ether oxygens (including phenoxy) is 2. The molecule has 1 unspecified atom stereocenters. The summed E-state index contributed by atoms with van der Waals surface area (Å²) in [5, 5.41) is 4.26. The lowest BCUT2D eigenvalue weighted by Crippen LogP contribution is -2.13. The molecule has 2 rings (SSSR count). The number of aromatic nitrogens is 2. The zero-order valence-corrected chi connectivity index (χ0v) is 11.5. The molecule has 0 saturated carbocycles. The summed E-state index contributed by atoms with van der Waals surface area (Å²) in [6.45, 7) is 4.87. The monoisotopic (exact) mass is 302 g/mol. The number of esters is 1. The largest absolute Gasteiger partial charge is 0.474 e. The van der Waals surface area contributed by atoms with Crippen LogP contribution in [0.5, 0.6) is 5.88 Å². The van der Waals surface area contributed by atoms with Crippen LogP contribution in [0.3, 0.4) is 0 Å². The van der Waals surface area contributed by atoms with Crippen molar-refractivity contribution in [2.45, 2.75) is 39.3 Å². The van der Waals surface area contributed by atoms with Gasteiger partial charge < -0.3 is 9.47 Å². The molecule has 5 nitrogen and oxygen atoms in total. The predicted molar refractivity (Wildman–Crippen MR) is 65.2 cm³/mol. The van der Waals surface area contributed by atoms with Gasteiger partial charge in [-0.1, -0.05) is 0 Å². The molecule has 0 fully saturated rings. The molecule has 1 atom stereocenters. The number of fused-ring (bicyclic) bond motifs is 1. The molecule has 2 heterocycles. The maximum Gasteiger partial charge on any atom is 0.346 e. The second kappa shape index (κ2) is 5.08. The Morgan fingerprint density at radius 2 is 2.47 bits per heavy atom. The molecular formula is C11H15BrN2O3. The zero-order chi connectivity index (χ0) is 12.4. The van der Waals surface area contributed by atoms with Crippen molar-refractivity contribution in [3.05, 3.63) is 10.2 Å². The molecule has 6 heteroatoms. The summed E-state index contributed by atoms with van der Waals surface area (Å²) in [6, 6.07) is 0. The van der Waals surface area contributed by atoms with Gasteiger partial charge in [0.05, 0.1) is 12.7 Å². The van der Waals surface area contributed by atoms with Crippen LogP contribution in [0, 0.1) is 0 Å². The number of carbonyl (C=O) groups excluding carboxylic acids is 1. The van der Waals surface area contributed by atoms with Gasteiger partial charge in [-0.25, -0.2) is 9.48 Å². The Hall–Kier alpha value is -1.04. The van der Waals surface area contributed by atoms with Crippen LogP contribution in [0.2, 0.25) is 0 Å². The third-order valence-corrected chi connectivity index (χ3v) is 3.19. The summed E-state index contributed by atoms with van der Waals surface area (Å²) in [5.41, 5.74) is 0.389. The molecule has 0 bridgehead atoms. The first kappa shape index (κ1) is 12.4. The van der Waals surface area contributed by atoms with Crippen LogP contribution >= 0.6 is 15.9 Å². The Labute approximate surface area is 108 Å². The number of carbonyl (C=O) groups is 1. The van der Waals surface area contributed by atoms with Crippen molar-refractivity contribution >= 4 is 21.9 Å². The average Bonchev–Trinajstić information content (AvgIpc) is 2.44. The van der Waals surface area contributed by atoms with Gasteiger partial charge in [0.15, 0.2) is 5.56 Å². The van der Waals surface area contributed by atoms with E-state index in [0.29, 0.717) is 22.7 Å². The minimum absolute atomic E-state index is 0.0908. The Bertz CT molecular complexity index is 431. The molecule has 0 saturated heterocycles. The van der Waals surface area contributed by atoms with Gasteiger partial charge in [-0.05, 0) is 42.6 Å². The van der Waals surface area contributed by atoms with Gasteiger partial charge in [-0.2, -0.15) is 5.10 Å². The van der Waals surface area contributed by atoms with Crippen molar-refractivity contribution in [3.8, 4) is 5.88 Å². The van der Waals surface area contributed by atoms with Gasteiger partial charge in [0.1, 0.15) is 4.60 Å². The van der Waals surface area contributed by atoms with E-state index in [2.05, 4.69) is 21.0 Å². The van der Waals surface area contributed by atoms with Crippen LogP contribution in [-0.4, -0.2) is 28.5 Å². The lowest BCUT2D eigenvalue weighted by atomic mass is 10.2. The first-order valence-electron chi connectivity index (χ1n) is 5.73. The minimum Gasteiger partial charge on any atom is -0.474 e. The van der Waals surface area contributed by atoms with Gasteiger partial charge in [0.25, 0.3) is 0 Å². The maximum atomic E-state index is 11.8. The molecule has 1 aliphatic rings. The highest BCUT2D eigenvalue weighted by atomic mass is 79.9. The summed E-state index contributed by atoms with van der Waals surface area (Å²) in [6.07, 6.45) is 2.04. The Kier molecular flexibility index (Phi) is 3.71. The van der Waals surface area contributed by atoms with Crippen molar-refractivity contribution in [1.29, 1.82) is 0 Å². The maximum absolute atomic E-state index is 11.8. The first-order chi connectivity index (χ1) is 8.13. The van der Waals surface area contributed by atoms with Crippen LogP contribution in [0.15, 0.2) is 4.60 Å². The second-order valence-electron chi connectivity index (χ2n) is 3.99. The number of hydrogen-bond donors (Lipinski definition) is 0. The Morgan fingerprint density at radius 1 is 1.71 bits per heavy atom. The van der Waals surface area contributed by atoms with E-state index >= 15 is 0 Å². The van der Waals surface area contributed by atoms with E-state index in [4.69, 9.17) is 9.47 Å². The SMILES string of the molecule is CCOC(=O)c1c(Br)nn2c1OC(C)CCC2. The summed E-state index contributed by atoms with van der Waals surface area (Å²) < 4.78 is 13.0. The standard InChI is InChI=1S/C11H15BrN2O3/c1-3-16-11(15)8-9(12)13-14-6-4-5-7(2)17-10(8)14/h7H,3-6H2,1-2H3. The van der Waals surface area contributed by atoms with Crippen molar-refractivity contribution in [3.63, 3.8) is 0 Å². The molecule has 0 radical (unpaired) electrons. The van der Waals surface area contributed by atoms with Crippen LogP contribution in [0.4, 0.5) is 0 Å². The van der Waals surface area contributed by atoms with E-state index in [-0.39, 0.29) is 6.10 Å². The summed E-state index contributed by atoms with van der Waals surface area (Å²) in [7, 11) is 0. The van der Waals surface area contributed by atoms with Crippen LogP contribution in [0.25, 0.3) is 0 Å². The molecule has 0 aromatic carbocycles. The fourth-order valence-corrected chi connectivity index (χ4v) is 2.37. The van der Waals surface area contributed by atoms with E-state index < -0.39 is 5.97 Å². The predicted octanol–water partition coefficient (Wildman–Crippen LogP) is 2.38. The van der Waals surface area contributed by atoms with Gasteiger partial charge in [0.2, 0.25) is 5.88 Å². The smallest absolute Gasteiger partial charge is 0.346 e. The van der Waals surface area contributed by atoms with Gasteiger partial charge in [-0.15, -0.1) is 0 Å². The molecule has 0 spiro atoms. The van der Waals surface area contributed by atoms with Crippen molar-refractivity contribution in [2.24, 2.45) is 0 Å². The number of nitrogens with zero attached hydrogens (tertiary/aromatic N) is 2. The molecule has 0 amide bonds. The van der Waals surface area contributed by atoms with E-state index in [1.807, 2.05) is 6.92 Å². The normalized spacial score (nSPS) is 19.1. The number of hydrogen-bond acceptors (Lipinski definition) is 4. The van der Waals surface area contributed by atoms with Gasteiger partial charge >= 0.3 is 5.97 Å². The fraction of sp³-hybridized carbons (Fsp3) is 0.636. The highest BCUT2D eigenvalue weighted by Gasteiger charge is 2.27. The molecule has 1 aliphatic heterocycles. The molecular weight excluding hydrogens is 288 g/mol. The van der Waals surface area contributed by atoms with Crippen LogP contribution in [0.1, 0.15) is 37.0 Å². The summed E-state index contributed by atoms with van der Waals surface area (Å²) in [4.78, 5) is 11.8. The second-order valence-corrected chi connectivity index (χ2v) is 4.74. The fourth-order valence-electron chi connectivity index (χ4n) is 1.84. The molecule has 1 aromatic rings. The first-order valence-corrected chi connectivity index (χ1v) is 6.52.